The lowest BCUT2D eigenvalue weighted by molar-refractivity contribution is -0.135. The van der Waals surface area contributed by atoms with Gasteiger partial charge in [0.25, 0.3) is 0 Å². The highest BCUT2D eigenvalue weighted by Gasteiger charge is 2.32. The van der Waals surface area contributed by atoms with Gasteiger partial charge in [-0.05, 0) is 33.4 Å². The first-order valence-corrected chi connectivity index (χ1v) is 6.75. The summed E-state index contributed by atoms with van der Waals surface area (Å²) in [6, 6.07) is 0.0845. The number of amides is 1. The van der Waals surface area contributed by atoms with Gasteiger partial charge in [0.1, 0.15) is 0 Å². The minimum atomic E-state index is 0.0729. The van der Waals surface area contributed by atoms with E-state index in [2.05, 4.69) is 11.8 Å². The van der Waals surface area contributed by atoms with Gasteiger partial charge in [-0.15, -0.1) is 0 Å². The monoisotopic (exact) mass is 241 g/mol. The Bertz CT molecular complexity index is 243. The van der Waals surface area contributed by atoms with Gasteiger partial charge < -0.3 is 15.5 Å². The summed E-state index contributed by atoms with van der Waals surface area (Å²) in [5, 5.41) is 0. The molecule has 1 saturated carbocycles. The number of carbonyl (C=O) groups is 1. The second-order valence-corrected chi connectivity index (χ2v) is 5.33. The van der Waals surface area contributed by atoms with Crippen LogP contribution in [-0.2, 0) is 4.79 Å². The molecule has 0 aromatic carbocycles. The third kappa shape index (κ3) is 4.28. The van der Waals surface area contributed by atoms with Crippen LogP contribution in [0.5, 0.6) is 0 Å². The Balaban J connectivity index is 2.53. The maximum Gasteiger partial charge on any atom is 0.227 e. The van der Waals surface area contributed by atoms with Crippen molar-refractivity contribution in [2.45, 2.75) is 38.6 Å². The second-order valence-electron chi connectivity index (χ2n) is 5.33. The Labute approximate surface area is 105 Å². The van der Waals surface area contributed by atoms with E-state index in [0.717, 1.165) is 45.3 Å². The summed E-state index contributed by atoms with van der Waals surface area (Å²) in [7, 11) is 4.08. The zero-order valence-corrected chi connectivity index (χ0v) is 11.5. The lowest BCUT2D eigenvalue weighted by Crippen LogP contribution is -2.44. The van der Waals surface area contributed by atoms with E-state index in [4.69, 9.17) is 5.73 Å². The molecule has 0 radical (unpaired) electrons. The number of carbonyl (C=O) groups excluding carboxylic acids is 1. The zero-order chi connectivity index (χ0) is 12.8. The maximum absolute atomic E-state index is 12.4. The average molecular weight is 241 g/mol. The molecule has 4 nitrogen and oxygen atoms in total. The van der Waals surface area contributed by atoms with Crippen molar-refractivity contribution in [3.05, 3.63) is 0 Å². The third-order valence-corrected chi connectivity index (χ3v) is 3.51. The van der Waals surface area contributed by atoms with Gasteiger partial charge in [-0.25, -0.2) is 0 Å². The molecule has 100 valence electrons. The van der Waals surface area contributed by atoms with Crippen molar-refractivity contribution >= 4 is 5.91 Å². The number of rotatable bonds is 6. The summed E-state index contributed by atoms with van der Waals surface area (Å²) < 4.78 is 0. The third-order valence-electron chi connectivity index (χ3n) is 3.51. The molecule has 1 fully saturated rings. The fraction of sp³-hybridized carbons (Fsp3) is 0.923. The summed E-state index contributed by atoms with van der Waals surface area (Å²) in [6.45, 7) is 4.72. The lowest BCUT2D eigenvalue weighted by atomic mass is 10.0. The van der Waals surface area contributed by atoms with Gasteiger partial charge in [-0.1, -0.05) is 13.3 Å². The summed E-state index contributed by atoms with van der Waals surface area (Å²) >= 11 is 0. The van der Waals surface area contributed by atoms with E-state index in [1.807, 2.05) is 19.0 Å². The largest absolute Gasteiger partial charge is 0.341 e. The molecule has 0 heterocycles. The Morgan fingerprint density at radius 1 is 1.24 bits per heavy atom. The van der Waals surface area contributed by atoms with Crippen LogP contribution in [0.25, 0.3) is 0 Å². The Morgan fingerprint density at radius 2 is 1.94 bits per heavy atom. The van der Waals surface area contributed by atoms with Gasteiger partial charge in [-0.3, -0.25) is 4.79 Å². The van der Waals surface area contributed by atoms with Crippen LogP contribution in [-0.4, -0.2) is 55.5 Å². The molecular weight excluding hydrogens is 214 g/mol. The summed E-state index contributed by atoms with van der Waals surface area (Å²) in [5.74, 6) is 0.349. The van der Waals surface area contributed by atoms with Crippen LogP contribution in [0.4, 0.5) is 0 Å². The maximum atomic E-state index is 12.4. The fourth-order valence-corrected chi connectivity index (χ4v) is 2.45. The Morgan fingerprint density at radius 3 is 2.41 bits per heavy atom. The number of likely N-dealkylation sites (N-methyl/N-ethyl adjacent to an activating group) is 1. The minimum absolute atomic E-state index is 0.0729. The smallest absolute Gasteiger partial charge is 0.227 e. The second kappa shape index (κ2) is 6.97. The lowest BCUT2D eigenvalue weighted by Gasteiger charge is -2.28. The van der Waals surface area contributed by atoms with Crippen molar-refractivity contribution < 1.29 is 4.79 Å². The standard InChI is InChI=1S/C13H27N3O/c1-4-8-16(10-9-15(2)3)13(17)11-6-5-7-12(11)14/h11-12H,4-10,14H2,1-3H3. The topological polar surface area (TPSA) is 49.6 Å². The van der Waals surface area contributed by atoms with Gasteiger partial charge in [0, 0.05) is 25.7 Å². The van der Waals surface area contributed by atoms with Crippen LogP contribution in [0, 0.1) is 5.92 Å². The van der Waals surface area contributed by atoms with Crippen LogP contribution < -0.4 is 5.73 Å². The molecule has 0 saturated heterocycles. The molecule has 0 aromatic heterocycles. The molecular formula is C13H27N3O. The van der Waals surface area contributed by atoms with Crippen LogP contribution in [0.1, 0.15) is 32.6 Å². The van der Waals surface area contributed by atoms with Crippen LogP contribution in [0.2, 0.25) is 0 Å². The molecule has 4 heteroatoms. The highest BCUT2D eigenvalue weighted by atomic mass is 16.2. The van der Waals surface area contributed by atoms with Crippen molar-refractivity contribution in [1.82, 2.24) is 9.80 Å². The van der Waals surface area contributed by atoms with E-state index in [1.54, 1.807) is 0 Å². The van der Waals surface area contributed by atoms with E-state index in [1.165, 1.54) is 0 Å². The quantitative estimate of drug-likeness (QED) is 0.752. The predicted molar refractivity (Wildman–Crippen MR) is 70.7 cm³/mol. The molecule has 17 heavy (non-hydrogen) atoms. The molecule has 1 aliphatic carbocycles. The number of nitrogens with two attached hydrogens (primary N) is 1. The fourth-order valence-electron chi connectivity index (χ4n) is 2.45. The first-order valence-electron chi connectivity index (χ1n) is 6.75. The van der Waals surface area contributed by atoms with Gasteiger partial charge >= 0.3 is 0 Å². The molecule has 1 rings (SSSR count). The van der Waals surface area contributed by atoms with Gasteiger partial charge in [0.05, 0.1) is 5.92 Å². The van der Waals surface area contributed by atoms with Crippen molar-refractivity contribution in [3.8, 4) is 0 Å². The first kappa shape index (κ1) is 14.5. The highest BCUT2D eigenvalue weighted by molar-refractivity contribution is 5.79. The van der Waals surface area contributed by atoms with Crippen LogP contribution >= 0.6 is 0 Å². The molecule has 1 amide bonds. The molecule has 0 aliphatic heterocycles. The molecule has 0 spiro atoms. The van der Waals surface area contributed by atoms with Crippen molar-refractivity contribution in [3.63, 3.8) is 0 Å². The van der Waals surface area contributed by atoms with Gasteiger partial charge in [0.2, 0.25) is 5.91 Å². The number of nitrogens with zero attached hydrogens (tertiary/aromatic N) is 2. The molecule has 2 unspecified atom stereocenters. The average Bonchev–Trinajstić information content (AvgIpc) is 2.69. The Kier molecular flexibility index (Phi) is 5.92. The molecule has 2 atom stereocenters. The number of hydrogen-bond acceptors (Lipinski definition) is 3. The molecule has 1 aliphatic rings. The normalized spacial score (nSPS) is 24.3. The summed E-state index contributed by atoms with van der Waals surface area (Å²) in [6.07, 6.45) is 4.10. The van der Waals surface area contributed by atoms with E-state index in [9.17, 15) is 4.79 Å². The van der Waals surface area contributed by atoms with Gasteiger partial charge in [-0.2, -0.15) is 0 Å². The summed E-state index contributed by atoms with van der Waals surface area (Å²) in [4.78, 5) is 16.5. The van der Waals surface area contributed by atoms with E-state index >= 15 is 0 Å². The van der Waals surface area contributed by atoms with E-state index in [0.29, 0.717) is 0 Å². The van der Waals surface area contributed by atoms with Gasteiger partial charge in [0.15, 0.2) is 0 Å². The van der Waals surface area contributed by atoms with Crippen molar-refractivity contribution in [2.24, 2.45) is 11.7 Å². The highest BCUT2D eigenvalue weighted by Crippen LogP contribution is 2.25. The summed E-state index contributed by atoms with van der Waals surface area (Å²) in [5.41, 5.74) is 6.01. The Hall–Kier alpha value is -0.610. The molecule has 0 aromatic rings. The first-order chi connectivity index (χ1) is 8.06. The number of hydrogen-bond donors (Lipinski definition) is 1. The zero-order valence-electron chi connectivity index (χ0n) is 11.5. The van der Waals surface area contributed by atoms with Crippen molar-refractivity contribution in [1.29, 1.82) is 0 Å². The molecule has 2 N–H and O–H groups in total. The molecule has 0 bridgehead atoms. The van der Waals surface area contributed by atoms with Crippen LogP contribution in [0.15, 0.2) is 0 Å². The van der Waals surface area contributed by atoms with E-state index in [-0.39, 0.29) is 17.9 Å². The SMILES string of the molecule is CCCN(CCN(C)C)C(=O)C1CCCC1N. The predicted octanol–water partition coefficient (Wildman–Crippen LogP) is 0.914. The van der Waals surface area contributed by atoms with Crippen molar-refractivity contribution in [2.75, 3.05) is 33.7 Å². The van der Waals surface area contributed by atoms with E-state index < -0.39 is 0 Å². The minimum Gasteiger partial charge on any atom is -0.341 e. The van der Waals surface area contributed by atoms with Crippen LogP contribution in [0.3, 0.4) is 0 Å².